The van der Waals surface area contributed by atoms with E-state index in [0.717, 1.165) is 18.4 Å². The van der Waals surface area contributed by atoms with Crippen LogP contribution in [0.2, 0.25) is 0 Å². The van der Waals surface area contributed by atoms with Crippen molar-refractivity contribution in [3.05, 3.63) is 30.1 Å². The van der Waals surface area contributed by atoms with Crippen molar-refractivity contribution in [1.82, 2.24) is 15.2 Å². The van der Waals surface area contributed by atoms with Crippen molar-refractivity contribution in [2.45, 2.75) is 82.8 Å². The second-order valence-corrected chi connectivity index (χ2v) is 7.63. The van der Waals surface area contributed by atoms with Gasteiger partial charge in [0.25, 0.3) is 0 Å². The number of likely N-dealkylation sites (tertiary alicyclic amines) is 1. The molecule has 2 fully saturated rings. The van der Waals surface area contributed by atoms with E-state index >= 15 is 0 Å². The minimum atomic E-state index is -0.755. The summed E-state index contributed by atoms with van der Waals surface area (Å²) in [7, 11) is 0. The van der Waals surface area contributed by atoms with E-state index in [4.69, 9.17) is 0 Å². The molecule has 0 aromatic carbocycles. The van der Waals surface area contributed by atoms with Crippen LogP contribution in [-0.2, 0) is 16.1 Å². The average Bonchev–Trinajstić information content (AvgIpc) is 2.88. The maximum Gasteiger partial charge on any atom is 0.245 e. The predicted molar refractivity (Wildman–Crippen MR) is 96.7 cm³/mol. The highest BCUT2D eigenvalue weighted by molar-refractivity contribution is 5.94. The Morgan fingerprint density at radius 3 is 2.68 bits per heavy atom. The Morgan fingerprint density at radius 1 is 1.28 bits per heavy atom. The Balaban J connectivity index is 1.68. The molecule has 1 aliphatic carbocycles. The van der Waals surface area contributed by atoms with E-state index < -0.39 is 5.54 Å². The van der Waals surface area contributed by atoms with Crippen LogP contribution < -0.4 is 5.32 Å². The molecular weight excluding hydrogens is 314 g/mol. The molecule has 1 aromatic heterocycles. The Labute approximate surface area is 150 Å². The van der Waals surface area contributed by atoms with Gasteiger partial charge in [-0.2, -0.15) is 0 Å². The van der Waals surface area contributed by atoms with Crippen molar-refractivity contribution in [2.75, 3.05) is 0 Å². The molecule has 2 aliphatic rings. The van der Waals surface area contributed by atoms with Gasteiger partial charge in [-0.1, -0.05) is 38.2 Å². The van der Waals surface area contributed by atoms with Gasteiger partial charge in [0.1, 0.15) is 5.54 Å². The van der Waals surface area contributed by atoms with Gasteiger partial charge in [-0.15, -0.1) is 0 Å². The first-order valence-corrected chi connectivity index (χ1v) is 9.60. The highest BCUT2D eigenvalue weighted by atomic mass is 16.2. The largest absolute Gasteiger partial charge is 0.351 e. The minimum Gasteiger partial charge on any atom is -0.351 e. The summed E-state index contributed by atoms with van der Waals surface area (Å²) < 4.78 is 0. The zero-order valence-corrected chi connectivity index (χ0v) is 15.2. The van der Waals surface area contributed by atoms with Crippen LogP contribution in [0.15, 0.2) is 24.5 Å². The predicted octanol–water partition coefficient (Wildman–Crippen LogP) is 3.19. The second-order valence-electron chi connectivity index (χ2n) is 7.63. The van der Waals surface area contributed by atoms with Gasteiger partial charge in [-0.05, 0) is 37.8 Å². The summed E-state index contributed by atoms with van der Waals surface area (Å²) >= 11 is 0. The lowest BCUT2D eigenvalue weighted by atomic mass is 9.93. The summed E-state index contributed by atoms with van der Waals surface area (Å²) in [6.07, 6.45) is 12.8. The number of hydrogen-bond donors (Lipinski definition) is 1. The van der Waals surface area contributed by atoms with Gasteiger partial charge in [0.15, 0.2) is 0 Å². The number of nitrogens with one attached hydrogen (secondary N) is 1. The number of rotatable bonds is 4. The van der Waals surface area contributed by atoms with E-state index in [1.807, 2.05) is 19.1 Å². The summed E-state index contributed by atoms with van der Waals surface area (Å²) in [5, 5.41) is 3.26. The normalized spacial score (nSPS) is 25.5. The number of nitrogens with zero attached hydrogens (tertiary/aromatic N) is 2. The lowest BCUT2D eigenvalue weighted by Crippen LogP contribution is -2.56. The standard InChI is InChI=1S/C20H29N3O2/c1-20(19(25)22-17-9-5-3-2-4-6-10-17)12-11-18(24)23(20)15-16-8-7-13-21-14-16/h7-8,13-14,17H,2-6,9-12,15H2,1H3,(H,22,25)/t20-/m0/s1. The van der Waals surface area contributed by atoms with Gasteiger partial charge >= 0.3 is 0 Å². The molecule has 0 radical (unpaired) electrons. The van der Waals surface area contributed by atoms with Gasteiger partial charge in [-0.25, -0.2) is 0 Å². The smallest absolute Gasteiger partial charge is 0.245 e. The number of hydrogen-bond acceptors (Lipinski definition) is 3. The molecule has 5 heteroatoms. The number of carbonyl (C=O) groups excluding carboxylic acids is 2. The highest BCUT2D eigenvalue weighted by Crippen LogP contribution is 2.32. The number of aromatic nitrogens is 1. The van der Waals surface area contributed by atoms with Crippen molar-refractivity contribution in [1.29, 1.82) is 0 Å². The molecule has 0 unspecified atom stereocenters. The van der Waals surface area contributed by atoms with E-state index in [9.17, 15) is 9.59 Å². The van der Waals surface area contributed by atoms with E-state index in [-0.39, 0.29) is 17.9 Å². The molecule has 2 amide bonds. The van der Waals surface area contributed by atoms with Gasteiger partial charge in [0.2, 0.25) is 11.8 Å². The molecule has 1 N–H and O–H groups in total. The minimum absolute atomic E-state index is 0.00723. The topological polar surface area (TPSA) is 62.3 Å². The number of pyridine rings is 1. The fourth-order valence-electron chi connectivity index (χ4n) is 4.01. The summed E-state index contributed by atoms with van der Waals surface area (Å²) in [6, 6.07) is 4.06. The van der Waals surface area contributed by atoms with Crippen LogP contribution in [0, 0.1) is 0 Å². The third-order valence-electron chi connectivity index (χ3n) is 5.72. The maximum atomic E-state index is 13.1. The van der Waals surface area contributed by atoms with E-state index in [0.29, 0.717) is 19.4 Å². The number of amides is 2. The third kappa shape index (κ3) is 4.20. The SMILES string of the molecule is C[C@@]1(C(=O)NC2CCCCCCC2)CCC(=O)N1Cc1cccnc1. The van der Waals surface area contributed by atoms with Crippen molar-refractivity contribution >= 4 is 11.8 Å². The molecule has 1 aliphatic heterocycles. The van der Waals surface area contributed by atoms with Crippen molar-refractivity contribution in [3.8, 4) is 0 Å². The molecule has 1 saturated heterocycles. The van der Waals surface area contributed by atoms with Gasteiger partial charge in [0.05, 0.1) is 0 Å². The van der Waals surface area contributed by atoms with Crippen LogP contribution in [0.5, 0.6) is 0 Å². The quantitative estimate of drug-likeness (QED) is 0.913. The first kappa shape index (κ1) is 17.9. The molecule has 25 heavy (non-hydrogen) atoms. The first-order chi connectivity index (χ1) is 12.1. The monoisotopic (exact) mass is 343 g/mol. The Kier molecular flexibility index (Phi) is 5.71. The van der Waals surface area contributed by atoms with Crippen LogP contribution in [0.4, 0.5) is 0 Å². The molecular formula is C20H29N3O2. The molecule has 2 heterocycles. The Morgan fingerprint density at radius 2 is 2.00 bits per heavy atom. The molecule has 0 spiro atoms. The van der Waals surface area contributed by atoms with Crippen LogP contribution in [0.3, 0.4) is 0 Å². The van der Waals surface area contributed by atoms with Gasteiger partial charge in [-0.3, -0.25) is 14.6 Å². The zero-order chi connectivity index (χ0) is 17.7. The maximum absolute atomic E-state index is 13.1. The van der Waals surface area contributed by atoms with Crippen LogP contribution in [0.1, 0.15) is 70.3 Å². The lowest BCUT2D eigenvalue weighted by molar-refractivity contribution is -0.141. The van der Waals surface area contributed by atoms with E-state index in [1.54, 1.807) is 17.3 Å². The lowest BCUT2D eigenvalue weighted by Gasteiger charge is -2.35. The Bertz CT molecular complexity index is 596. The van der Waals surface area contributed by atoms with E-state index in [1.165, 1.54) is 32.1 Å². The summed E-state index contributed by atoms with van der Waals surface area (Å²) in [4.78, 5) is 31.3. The average molecular weight is 343 g/mol. The van der Waals surface area contributed by atoms with Crippen molar-refractivity contribution in [3.63, 3.8) is 0 Å². The van der Waals surface area contributed by atoms with Crippen molar-refractivity contribution in [2.24, 2.45) is 0 Å². The fraction of sp³-hybridized carbons (Fsp3) is 0.650. The fourth-order valence-corrected chi connectivity index (χ4v) is 4.01. The molecule has 3 rings (SSSR count). The summed E-state index contributed by atoms with van der Waals surface area (Å²) in [5.41, 5.74) is 0.206. The van der Waals surface area contributed by atoms with Crippen LogP contribution in [0.25, 0.3) is 0 Å². The van der Waals surface area contributed by atoms with E-state index in [2.05, 4.69) is 10.3 Å². The van der Waals surface area contributed by atoms with Crippen molar-refractivity contribution < 1.29 is 9.59 Å². The number of carbonyl (C=O) groups is 2. The molecule has 1 saturated carbocycles. The van der Waals surface area contributed by atoms with Crippen LogP contribution >= 0.6 is 0 Å². The van der Waals surface area contributed by atoms with Crippen LogP contribution in [-0.4, -0.2) is 33.3 Å². The molecule has 1 aromatic rings. The molecule has 136 valence electrons. The summed E-state index contributed by atoms with van der Waals surface area (Å²) in [5.74, 6) is 0.0620. The van der Waals surface area contributed by atoms with Gasteiger partial charge in [0, 0.05) is 31.4 Å². The third-order valence-corrected chi connectivity index (χ3v) is 5.72. The second kappa shape index (κ2) is 7.98. The summed E-state index contributed by atoms with van der Waals surface area (Å²) in [6.45, 7) is 2.35. The molecule has 1 atom stereocenters. The first-order valence-electron chi connectivity index (χ1n) is 9.60. The Hall–Kier alpha value is -1.91. The zero-order valence-electron chi connectivity index (χ0n) is 15.2. The highest BCUT2D eigenvalue weighted by Gasteiger charge is 2.47. The molecule has 5 nitrogen and oxygen atoms in total. The molecule has 0 bridgehead atoms. The van der Waals surface area contributed by atoms with Gasteiger partial charge < -0.3 is 10.2 Å².